The number of fused-ring (bicyclic) bond motifs is 5. The van der Waals surface area contributed by atoms with E-state index in [0.29, 0.717) is 6.04 Å². The third-order valence-corrected chi connectivity index (χ3v) is 7.28. The van der Waals surface area contributed by atoms with Gasteiger partial charge in [0.05, 0.1) is 11.4 Å². The summed E-state index contributed by atoms with van der Waals surface area (Å²) >= 11 is 0. The molecule has 0 spiro atoms. The monoisotopic (exact) mass is 457 g/mol. The second kappa shape index (κ2) is 8.11. The number of imidazole rings is 1. The van der Waals surface area contributed by atoms with Gasteiger partial charge in [0.2, 0.25) is 0 Å². The summed E-state index contributed by atoms with van der Waals surface area (Å²) in [6, 6.07) is 15.7. The normalized spacial score (nSPS) is 19.1. The summed E-state index contributed by atoms with van der Waals surface area (Å²) in [7, 11) is 4.17. The first-order valence-electron chi connectivity index (χ1n) is 11.7. The molecule has 2 atom stereocenters. The summed E-state index contributed by atoms with van der Waals surface area (Å²) in [5.74, 6) is 0.904. The van der Waals surface area contributed by atoms with E-state index < -0.39 is 0 Å². The molecule has 174 valence electrons. The Hall–Kier alpha value is -3.42. The molecule has 1 fully saturated rings. The predicted octanol–water partition coefficient (Wildman–Crippen LogP) is 3.87. The van der Waals surface area contributed by atoms with Gasteiger partial charge in [-0.2, -0.15) is 0 Å². The third kappa shape index (κ3) is 3.43. The molecule has 34 heavy (non-hydrogen) atoms. The number of halogens is 1. The number of likely N-dealkylation sites (N-methyl/N-ethyl adjacent to an activating group) is 1. The second-order valence-corrected chi connectivity index (χ2v) is 9.56. The van der Waals surface area contributed by atoms with Gasteiger partial charge in [-0.05, 0) is 61.6 Å². The number of benzene rings is 2. The van der Waals surface area contributed by atoms with Gasteiger partial charge in [-0.25, -0.2) is 9.37 Å². The molecule has 4 heterocycles. The van der Waals surface area contributed by atoms with Crippen LogP contribution in [0.5, 0.6) is 0 Å². The first-order valence-corrected chi connectivity index (χ1v) is 11.7. The second-order valence-electron chi connectivity index (χ2n) is 9.56. The average molecular weight is 458 g/mol. The summed E-state index contributed by atoms with van der Waals surface area (Å²) < 4.78 is 17.8. The summed E-state index contributed by atoms with van der Waals surface area (Å²) in [5, 5.41) is 9.90. The molecule has 6 rings (SSSR count). The molecule has 0 amide bonds. The number of aliphatic hydroxyl groups is 1. The lowest BCUT2D eigenvalue weighted by Crippen LogP contribution is -2.36. The standard InChI is InChI=1S/C27H28FN5O/c1-30(2)26-16-31(15-21(26)17-34)23-7-8-24-20(11-23)14-32-13-19(18-3-5-22(28)6-4-18)12-25(32)27-29-9-10-33(24)27/h3-13,21,26,34H,14-17H2,1-2H3/t21-,26?/m0/s1. The van der Waals surface area contributed by atoms with Gasteiger partial charge in [0.1, 0.15) is 5.82 Å². The highest BCUT2D eigenvalue weighted by molar-refractivity contribution is 5.72. The van der Waals surface area contributed by atoms with E-state index in [9.17, 15) is 9.50 Å². The average Bonchev–Trinajstić information content (AvgIpc) is 3.56. The minimum atomic E-state index is -0.233. The SMILES string of the molecule is CN(C)C1CN(c2ccc3c(c2)Cn2cc(-c4ccc(F)cc4)cc2-c2nccn2-3)C[C@H]1CO. The topological polar surface area (TPSA) is 49.5 Å². The van der Waals surface area contributed by atoms with Gasteiger partial charge in [-0.15, -0.1) is 0 Å². The Morgan fingerprint density at radius 3 is 2.62 bits per heavy atom. The number of hydrogen-bond donors (Lipinski definition) is 1. The maximum atomic E-state index is 13.4. The predicted molar refractivity (Wildman–Crippen MR) is 132 cm³/mol. The number of rotatable bonds is 4. The van der Waals surface area contributed by atoms with E-state index in [1.165, 1.54) is 23.4 Å². The summed E-state index contributed by atoms with van der Waals surface area (Å²) in [5.41, 5.74) is 6.59. The molecule has 2 aliphatic heterocycles. The van der Waals surface area contributed by atoms with Crippen molar-refractivity contribution in [2.24, 2.45) is 5.92 Å². The van der Waals surface area contributed by atoms with Crippen LogP contribution in [0.25, 0.3) is 28.3 Å². The van der Waals surface area contributed by atoms with Crippen molar-refractivity contribution in [3.05, 3.63) is 78.5 Å². The van der Waals surface area contributed by atoms with Crippen LogP contribution in [0.1, 0.15) is 5.56 Å². The van der Waals surface area contributed by atoms with E-state index in [2.05, 4.69) is 68.5 Å². The van der Waals surface area contributed by atoms with Crippen molar-refractivity contribution in [1.82, 2.24) is 19.0 Å². The number of aliphatic hydroxyl groups excluding tert-OH is 1. The molecule has 0 radical (unpaired) electrons. The van der Waals surface area contributed by atoms with E-state index in [4.69, 9.17) is 0 Å². The molecule has 4 aromatic rings. The van der Waals surface area contributed by atoms with Crippen LogP contribution in [0.4, 0.5) is 10.1 Å². The molecule has 0 bridgehead atoms. The number of nitrogens with zero attached hydrogens (tertiary/aromatic N) is 5. The Labute approximate surface area is 198 Å². The summed E-state index contributed by atoms with van der Waals surface area (Å²) in [6.45, 7) is 2.66. The van der Waals surface area contributed by atoms with E-state index in [0.717, 1.165) is 48.0 Å². The largest absolute Gasteiger partial charge is 0.396 e. The lowest BCUT2D eigenvalue weighted by molar-refractivity contribution is 0.168. The molecule has 7 heteroatoms. The fourth-order valence-corrected chi connectivity index (χ4v) is 5.46. The summed E-state index contributed by atoms with van der Waals surface area (Å²) in [6.07, 6.45) is 5.97. The van der Waals surface area contributed by atoms with Gasteiger partial charge in [-0.3, -0.25) is 4.57 Å². The van der Waals surface area contributed by atoms with Crippen LogP contribution < -0.4 is 4.90 Å². The first kappa shape index (κ1) is 21.1. The van der Waals surface area contributed by atoms with Crippen molar-refractivity contribution in [2.75, 3.05) is 38.7 Å². The van der Waals surface area contributed by atoms with E-state index in [-0.39, 0.29) is 18.3 Å². The molecule has 1 saturated heterocycles. The molecule has 2 aliphatic rings. The van der Waals surface area contributed by atoms with Crippen molar-refractivity contribution in [2.45, 2.75) is 12.6 Å². The molecule has 6 nitrogen and oxygen atoms in total. The quantitative estimate of drug-likeness (QED) is 0.445. The number of hydrogen-bond acceptors (Lipinski definition) is 4. The molecule has 1 N–H and O–H groups in total. The van der Waals surface area contributed by atoms with Gasteiger partial charge in [-0.1, -0.05) is 12.1 Å². The highest BCUT2D eigenvalue weighted by Crippen LogP contribution is 2.36. The molecular weight excluding hydrogens is 429 g/mol. The Morgan fingerprint density at radius 2 is 1.88 bits per heavy atom. The van der Waals surface area contributed by atoms with Gasteiger partial charge in [0, 0.05) is 68.0 Å². The third-order valence-electron chi connectivity index (χ3n) is 7.28. The maximum Gasteiger partial charge on any atom is 0.161 e. The zero-order valence-corrected chi connectivity index (χ0v) is 19.4. The maximum absolute atomic E-state index is 13.4. The van der Waals surface area contributed by atoms with Crippen LogP contribution in [0.2, 0.25) is 0 Å². The fourth-order valence-electron chi connectivity index (χ4n) is 5.46. The summed E-state index contributed by atoms with van der Waals surface area (Å²) in [4.78, 5) is 9.26. The molecule has 2 aromatic carbocycles. The molecule has 2 aromatic heterocycles. The smallest absolute Gasteiger partial charge is 0.161 e. The fraction of sp³-hybridized carbons (Fsp3) is 0.296. The molecule has 0 saturated carbocycles. The van der Waals surface area contributed by atoms with Crippen LogP contribution in [0, 0.1) is 11.7 Å². The highest BCUT2D eigenvalue weighted by Gasteiger charge is 2.34. The van der Waals surface area contributed by atoms with Crippen LogP contribution in [-0.4, -0.2) is 64.0 Å². The zero-order valence-electron chi connectivity index (χ0n) is 19.4. The van der Waals surface area contributed by atoms with Crippen molar-refractivity contribution in [1.29, 1.82) is 0 Å². The highest BCUT2D eigenvalue weighted by atomic mass is 19.1. The number of anilines is 1. The molecule has 0 aliphatic carbocycles. The van der Waals surface area contributed by atoms with E-state index in [1.54, 1.807) is 0 Å². The van der Waals surface area contributed by atoms with Gasteiger partial charge < -0.3 is 19.5 Å². The Bertz CT molecular complexity index is 1340. The van der Waals surface area contributed by atoms with Crippen molar-refractivity contribution in [3.63, 3.8) is 0 Å². The van der Waals surface area contributed by atoms with Crippen LogP contribution in [-0.2, 0) is 6.54 Å². The van der Waals surface area contributed by atoms with Crippen LogP contribution in [0.15, 0.2) is 67.1 Å². The lowest BCUT2D eigenvalue weighted by Gasteiger charge is -2.24. The molecular formula is C27H28FN5O. The Morgan fingerprint density at radius 1 is 1.06 bits per heavy atom. The van der Waals surface area contributed by atoms with Crippen LogP contribution in [0.3, 0.4) is 0 Å². The lowest BCUT2D eigenvalue weighted by atomic mass is 10.0. The van der Waals surface area contributed by atoms with Crippen molar-refractivity contribution < 1.29 is 9.50 Å². The number of aromatic nitrogens is 3. The first-order chi connectivity index (χ1) is 16.5. The van der Waals surface area contributed by atoms with Crippen molar-refractivity contribution in [3.8, 4) is 28.3 Å². The van der Waals surface area contributed by atoms with Gasteiger partial charge >= 0.3 is 0 Å². The van der Waals surface area contributed by atoms with Crippen molar-refractivity contribution >= 4 is 5.69 Å². The molecule has 1 unspecified atom stereocenters. The van der Waals surface area contributed by atoms with E-state index >= 15 is 0 Å². The van der Waals surface area contributed by atoms with E-state index in [1.807, 2.05) is 24.5 Å². The minimum Gasteiger partial charge on any atom is -0.396 e. The minimum absolute atomic E-state index is 0.196. The van der Waals surface area contributed by atoms with Gasteiger partial charge in [0.25, 0.3) is 0 Å². The van der Waals surface area contributed by atoms with Crippen LogP contribution >= 0.6 is 0 Å². The zero-order chi connectivity index (χ0) is 23.4. The van der Waals surface area contributed by atoms with Gasteiger partial charge in [0.15, 0.2) is 5.82 Å². The Balaban J connectivity index is 1.39. The Kier molecular flexibility index (Phi) is 5.04.